The molecule has 0 spiro atoms. The number of rotatable bonds is 3. The quantitative estimate of drug-likeness (QED) is 0.690. The highest BCUT2D eigenvalue weighted by atomic mass is 32.2. The number of hydrogen-bond donors (Lipinski definition) is 0. The van der Waals surface area contributed by atoms with Crippen LogP contribution in [0.5, 0.6) is 0 Å². The number of piperazine rings is 1. The van der Waals surface area contributed by atoms with Crippen molar-refractivity contribution in [2.75, 3.05) is 51.8 Å². The van der Waals surface area contributed by atoms with Gasteiger partial charge in [0.1, 0.15) is 0 Å². The molecule has 0 unspecified atom stereocenters. The Labute approximate surface area is 87.7 Å². The van der Waals surface area contributed by atoms with Crippen molar-refractivity contribution in [1.82, 2.24) is 9.80 Å². The molecule has 2 nitrogen and oxygen atoms in total. The molecule has 1 saturated heterocycles. The molecular formula is C10H24N2S. The fourth-order valence-electron chi connectivity index (χ4n) is 1.29. The number of likely N-dealkylation sites (N-methyl/N-ethyl adjacent to an activating group) is 1. The van der Waals surface area contributed by atoms with E-state index in [1.165, 1.54) is 38.5 Å². The van der Waals surface area contributed by atoms with Crippen molar-refractivity contribution < 1.29 is 0 Å². The van der Waals surface area contributed by atoms with Crippen LogP contribution in [0.25, 0.3) is 0 Å². The maximum absolute atomic E-state index is 2.55. The molecule has 0 aromatic heterocycles. The Morgan fingerprint density at radius 2 is 1.62 bits per heavy atom. The fourth-order valence-corrected chi connectivity index (χ4v) is 1.73. The van der Waals surface area contributed by atoms with Crippen LogP contribution in [-0.4, -0.2) is 61.6 Å². The van der Waals surface area contributed by atoms with Gasteiger partial charge in [0.25, 0.3) is 0 Å². The van der Waals surface area contributed by atoms with E-state index in [4.69, 9.17) is 0 Å². The SMILES string of the molecule is CC.CSCCN1CCN(C)CC1. The highest BCUT2D eigenvalue weighted by molar-refractivity contribution is 7.98. The zero-order valence-electron chi connectivity index (χ0n) is 9.55. The van der Waals surface area contributed by atoms with Crippen molar-refractivity contribution in [2.24, 2.45) is 0 Å². The van der Waals surface area contributed by atoms with Crippen LogP contribution >= 0.6 is 11.8 Å². The maximum Gasteiger partial charge on any atom is 0.0110 e. The van der Waals surface area contributed by atoms with Crippen LogP contribution in [0.1, 0.15) is 13.8 Å². The predicted octanol–water partition coefficient (Wildman–Crippen LogP) is 1.62. The second-order valence-corrected chi connectivity index (χ2v) is 4.12. The highest BCUT2D eigenvalue weighted by Crippen LogP contribution is 2.00. The van der Waals surface area contributed by atoms with Crippen LogP contribution in [0.3, 0.4) is 0 Å². The lowest BCUT2D eigenvalue weighted by atomic mass is 10.3. The van der Waals surface area contributed by atoms with Gasteiger partial charge in [-0.3, -0.25) is 4.90 Å². The van der Waals surface area contributed by atoms with Gasteiger partial charge in [0, 0.05) is 38.5 Å². The predicted molar refractivity (Wildman–Crippen MR) is 63.7 cm³/mol. The lowest BCUT2D eigenvalue weighted by Gasteiger charge is -2.32. The van der Waals surface area contributed by atoms with Crippen LogP contribution in [-0.2, 0) is 0 Å². The first-order chi connectivity index (χ1) is 6.33. The van der Waals surface area contributed by atoms with Gasteiger partial charge < -0.3 is 4.90 Å². The van der Waals surface area contributed by atoms with Crippen molar-refractivity contribution in [2.45, 2.75) is 13.8 Å². The molecule has 1 rings (SSSR count). The molecule has 0 aliphatic carbocycles. The summed E-state index contributed by atoms with van der Waals surface area (Å²) in [5.41, 5.74) is 0. The summed E-state index contributed by atoms with van der Waals surface area (Å²) in [4.78, 5) is 4.95. The van der Waals surface area contributed by atoms with Gasteiger partial charge in [-0.15, -0.1) is 0 Å². The van der Waals surface area contributed by atoms with E-state index in [-0.39, 0.29) is 0 Å². The Morgan fingerprint density at radius 1 is 1.08 bits per heavy atom. The molecule has 0 aromatic carbocycles. The normalized spacial score (nSPS) is 19.4. The average molecular weight is 204 g/mol. The molecule has 0 aromatic rings. The first-order valence-corrected chi connectivity index (χ1v) is 6.62. The zero-order valence-corrected chi connectivity index (χ0v) is 10.4. The monoisotopic (exact) mass is 204 g/mol. The molecule has 0 saturated carbocycles. The molecule has 0 atom stereocenters. The first-order valence-electron chi connectivity index (χ1n) is 5.23. The van der Waals surface area contributed by atoms with Crippen molar-refractivity contribution in [1.29, 1.82) is 0 Å². The summed E-state index contributed by atoms with van der Waals surface area (Å²) in [7, 11) is 2.20. The molecular weight excluding hydrogens is 180 g/mol. The van der Waals surface area contributed by atoms with Gasteiger partial charge >= 0.3 is 0 Å². The Morgan fingerprint density at radius 3 is 2.08 bits per heavy atom. The number of nitrogens with zero attached hydrogens (tertiary/aromatic N) is 2. The van der Waals surface area contributed by atoms with Crippen LogP contribution in [0.2, 0.25) is 0 Å². The van der Waals surface area contributed by atoms with Crippen LogP contribution in [0, 0.1) is 0 Å². The van der Waals surface area contributed by atoms with Gasteiger partial charge in [-0.25, -0.2) is 0 Å². The molecule has 0 radical (unpaired) electrons. The van der Waals surface area contributed by atoms with E-state index in [0.29, 0.717) is 0 Å². The lowest BCUT2D eigenvalue weighted by Crippen LogP contribution is -2.45. The lowest BCUT2D eigenvalue weighted by molar-refractivity contribution is 0.161. The van der Waals surface area contributed by atoms with E-state index in [2.05, 4.69) is 23.1 Å². The van der Waals surface area contributed by atoms with Crippen LogP contribution in [0.4, 0.5) is 0 Å². The van der Waals surface area contributed by atoms with E-state index in [1.807, 2.05) is 25.6 Å². The third kappa shape index (κ3) is 6.36. The minimum absolute atomic E-state index is 1.24. The molecule has 1 heterocycles. The van der Waals surface area contributed by atoms with Gasteiger partial charge in [0.15, 0.2) is 0 Å². The smallest absolute Gasteiger partial charge is 0.0110 e. The first kappa shape index (κ1) is 13.3. The molecule has 1 aliphatic heterocycles. The summed E-state index contributed by atoms with van der Waals surface area (Å²) in [6.45, 7) is 10.3. The summed E-state index contributed by atoms with van der Waals surface area (Å²) in [5.74, 6) is 1.28. The third-order valence-corrected chi connectivity index (χ3v) is 2.80. The summed E-state index contributed by atoms with van der Waals surface area (Å²) in [5, 5.41) is 0. The summed E-state index contributed by atoms with van der Waals surface area (Å²) in [6.07, 6.45) is 2.18. The standard InChI is InChI=1S/C8H18N2S.C2H6/c1-9-3-5-10(6-4-9)7-8-11-2;1-2/h3-8H2,1-2H3;1-2H3. The van der Waals surface area contributed by atoms with E-state index >= 15 is 0 Å². The van der Waals surface area contributed by atoms with E-state index in [9.17, 15) is 0 Å². The summed E-state index contributed by atoms with van der Waals surface area (Å²) >= 11 is 1.94. The molecule has 0 bridgehead atoms. The Hall–Kier alpha value is 0.270. The second kappa shape index (κ2) is 8.85. The summed E-state index contributed by atoms with van der Waals surface area (Å²) in [6, 6.07) is 0. The van der Waals surface area contributed by atoms with E-state index in [0.717, 1.165) is 0 Å². The fraction of sp³-hybridized carbons (Fsp3) is 1.00. The van der Waals surface area contributed by atoms with Crippen LogP contribution < -0.4 is 0 Å². The van der Waals surface area contributed by atoms with E-state index < -0.39 is 0 Å². The molecule has 0 N–H and O–H groups in total. The van der Waals surface area contributed by atoms with Crippen LogP contribution in [0.15, 0.2) is 0 Å². The molecule has 0 amide bonds. The number of hydrogen-bond acceptors (Lipinski definition) is 3. The van der Waals surface area contributed by atoms with Gasteiger partial charge in [0.2, 0.25) is 0 Å². The largest absolute Gasteiger partial charge is 0.304 e. The van der Waals surface area contributed by atoms with Gasteiger partial charge in [0.05, 0.1) is 0 Å². The topological polar surface area (TPSA) is 6.48 Å². The summed E-state index contributed by atoms with van der Waals surface area (Å²) < 4.78 is 0. The number of thioether (sulfide) groups is 1. The Bertz CT molecular complexity index is 98.3. The van der Waals surface area contributed by atoms with Crippen molar-refractivity contribution >= 4 is 11.8 Å². The highest BCUT2D eigenvalue weighted by Gasteiger charge is 2.11. The van der Waals surface area contributed by atoms with Gasteiger partial charge in [-0.2, -0.15) is 11.8 Å². The molecule has 80 valence electrons. The van der Waals surface area contributed by atoms with Gasteiger partial charge in [-0.1, -0.05) is 13.8 Å². The minimum atomic E-state index is 1.24. The van der Waals surface area contributed by atoms with Gasteiger partial charge in [-0.05, 0) is 13.3 Å². The third-order valence-electron chi connectivity index (χ3n) is 2.21. The molecule has 13 heavy (non-hydrogen) atoms. The Kier molecular flexibility index (Phi) is 9.03. The molecule has 1 aliphatic rings. The van der Waals surface area contributed by atoms with Crippen molar-refractivity contribution in [3.63, 3.8) is 0 Å². The minimum Gasteiger partial charge on any atom is -0.304 e. The van der Waals surface area contributed by atoms with Crippen molar-refractivity contribution in [3.05, 3.63) is 0 Å². The second-order valence-electron chi connectivity index (χ2n) is 3.14. The van der Waals surface area contributed by atoms with Crippen molar-refractivity contribution in [3.8, 4) is 0 Å². The maximum atomic E-state index is 2.55. The van der Waals surface area contributed by atoms with E-state index in [1.54, 1.807) is 0 Å². The molecule has 1 fully saturated rings. The molecule has 3 heteroatoms. The Balaban J connectivity index is 0.000000671. The average Bonchev–Trinajstić information content (AvgIpc) is 2.20. The zero-order chi connectivity index (χ0) is 10.1.